The summed E-state index contributed by atoms with van der Waals surface area (Å²) in [7, 11) is -2.20. The van der Waals surface area contributed by atoms with Gasteiger partial charge < -0.3 is 5.32 Å². The summed E-state index contributed by atoms with van der Waals surface area (Å²) in [6.45, 7) is 1.62. The van der Waals surface area contributed by atoms with Gasteiger partial charge in [0.25, 0.3) is 0 Å². The third-order valence-corrected chi connectivity index (χ3v) is 5.66. The highest BCUT2D eigenvalue weighted by Crippen LogP contribution is 2.30. The molecule has 2 aromatic carbocycles. The Hall–Kier alpha value is -2.39. The second kappa shape index (κ2) is 8.74. The van der Waals surface area contributed by atoms with Crippen molar-refractivity contribution >= 4 is 15.9 Å². The van der Waals surface area contributed by atoms with E-state index in [-0.39, 0.29) is 17.2 Å². The van der Waals surface area contributed by atoms with Crippen molar-refractivity contribution < 1.29 is 26.4 Å². The lowest BCUT2D eigenvalue weighted by molar-refractivity contribution is -0.137. The second-order valence-electron chi connectivity index (χ2n) is 6.26. The maximum Gasteiger partial charge on any atom is 0.416 e. The number of carbonyl (C=O) groups excluding carboxylic acids is 1. The van der Waals surface area contributed by atoms with Crippen molar-refractivity contribution in [2.24, 2.45) is 0 Å². The maximum absolute atomic E-state index is 12.8. The van der Waals surface area contributed by atoms with Crippen LogP contribution in [0.3, 0.4) is 0 Å². The number of amides is 1. The van der Waals surface area contributed by atoms with Crippen molar-refractivity contribution in [2.45, 2.75) is 36.9 Å². The number of hydrogen-bond acceptors (Lipinski definition) is 3. The highest BCUT2D eigenvalue weighted by atomic mass is 32.2. The third kappa shape index (κ3) is 5.80. The first-order valence-electron chi connectivity index (χ1n) is 8.52. The first-order valence-corrected chi connectivity index (χ1v) is 10.0. The Kier molecular flexibility index (Phi) is 6.84. The van der Waals surface area contributed by atoms with Crippen molar-refractivity contribution in [3.05, 3.63) is 65.2 Å². The third-order valence-electron chi connectivity index (χ3n) is 4.23. The first-order chi connectivity index (χ1) is 13.0. The van der Waals surface area contributed by atoms with Crippen LogP contribution in [0, 0.1) is 0 Å². The number of rotatable bonds is 7. The number of aryl methyl sites for hydroxylation is 1. The van der Waals surface area contributed by atoms with E-state index < -0.39 is 27.8 Å². The molecule has 28 heavy (non-hydrogen) atoms. The molecule has 0 aliphatic carbocycles. The predicted molar refractivity (Wildman–Crippen MR) is 99.0 cm³/mol. The summed E-state index contributed by atoms with van der Waals surface area (Å²) >= 11 is 0. The lowest BCUT2D eigenvalue weighted by Crippen LogP contribution is -2.27. The van der Waals surface area contributed by atoms with E-state index in [0.717, 1.165) is 17.7 Å². The van der Waals surface area contributed by atoms with Gasteiger partial charge in [0, 0.05) is 6.42 Å². The molecule has 0 fully saturated rings. The van der Waals surface area contributed by atoms with Crippen molar-refractivity contribution in [3.8, 4) is 0 Å². The van der Waals surface area contributed by atoms with Crippen LogP contribution in [0.1, 0.15) is 36.1 Å². The Morgan fingerprint density at radius 3 is 2.32 bits per heavy atom. The lowest BCUT2D eigenvalue weighted by atomic mass is 10.0. The summed E-state index contributed by atoms with van der Waals surface area (Å²) in [5.74, 6) is -0.308. The number of halogens is 3. The van der Waals surface area contributed by atoms with Crippen LogP contribution in [-0.4, -0.2) is 21.4 Å². The minimum Gasteiger partial charge on any atom is -0.350 e. The fraction of sp³-hybridized carbons (Fsp3) is 0.316. The number of sulfonamides is 1. The zero-order valence-electron chi connectivity index (χ0n) is 15.4. The molecule has 0 heterocycles. The Morgan fingerprint density at radius 2 is 1.75 bits per heavy atom. The second-order valence-corrected chi connectivity index (χ2v) is 8.15. The molecule has 0 spiro atoms. The Morgan fingerprint density at radius 1 is 1.11 bits per heavy atom. The molecule has 2 aromatic rings. The minimum atomic E-state index is -4.44. The van der Waals surface area contributed by atoms with Gasteiger partial charge in [-0.05, 0) is 55.8 Å². The van der Waals surface area contributed by atoms with Gasteiger partial charge in [0.15, 0.2) is 0 Å². The average molecular weight is 414 g/mol. The molecule has 1 atom stereocenters. The summed E-state index contributed by atoms with van der Waals surface area (Å²) in [6.07, 6.45) is -3.94. The molecule has 1 amide bonds. The summed E-state index contributed by atoms with van der Waals surface area (Å²) < 4.78 is 64.0. The van der Waals surface area contributed by atoms with E-state index in [9.17, 15) is 26.4 Å². The molecule has 2 N–H and O–H groups in total. The van der Waals surface area contributed by atoms with E-state index in [4.69, 9.17) is 0 Å². The van der Waals surface area contributed by atoms with Gasteiger partial charge in [0.2, 0.25) is 15.9 Å². The monoisotopic (exact) mass is 414 g/mol. The van der Waals surface area contributed by atoms with Crippen molar-refractivity contribution in [2.75, 3.05) is 7.05 Å². The van der Waals surface area contributed by atoms with Gasteiger partial charge in [-0.3, -0.25) is 4.79 Å². The van der Waals surface area contributed by atoms with Crippen LogP contribution >= 0.6 is 0 Å². The maximum atomic E-state index is 12.8. The molecule has 5 nitrogen and oxygen atoms in total. The number of nitrogens with one attached hydrogen (secondary N) is 2. The van der Waals surface area contributed by atoms with Gasteiger partial charge in [0.1, 0.15) is 0 Å². The summed E-state index contributed by atoms with van der Waals surface area (Å²) in [4.78, 5) is 12.2. The van der Waals surface area contributed by atoms with Gasteiger partial charge in [0.05, 0.1) is 16.5 Å². The minimum absolute atomic E-state index is 0.126. The lowest BCUT2D eigenvalue weighted by Gasteiger charge is -2.16. The molecule has 1 unspecified atom stereocenters. The molecule has 0 radical (unpaired) electrons. The van der Waals surface area contributed by atoms with Gasteiger partial charge in [-0.2, -0.15) is 13.2 Å². The van der Waals surface area contributed by atoms with E-state index in [1.54, 1.807) is 19.1 Å². The van der Waals surface area contributed by atoms with E-state index in [2.05, 4.69) is 10.0 Å². The molecule has 9 heteroatoms. The Balaban J connectivity index is 1.94. The number of alkyl halides is 3. The van der Waals surface area contributed by atoms with Gasteiger partial charge >= 0.3 is 6.18 Å². The molecule has 0 saturated carbocycles. The first kappa shape index (κ1) is 21.9. The van der Waals surface area contributed by atoms with Crippen molar-refractivity contribution in [1.29, 1.82) is 0 Å². The summed E-state index contributed by atoms with van der Waals surface area (Å²) in [5.41, 5.74) is 0.379. The number of hydrogen-bond donors (Lipinski definition) is 2. The standard InChI is InChI=1S/C19H21F3N2O3S/c1-13(15-4-3-5-16(12-15)19(20,21)22)24-18(25)11-8-14-6-9-17(10-7-14)28(26,27)23-2/h3-7,9-10,12-13,23H,8,11H2,1-2H3,(H,24,25). The van der Waals surface area contributed by atoms with Gasteiger partial charge in [-0.25, -0.2) is 13.1 Å². The normalized spacial score (nSPS) is 13.2. The van der Waals surface area contributed by atoms with Crippen LogP contribution in [0.15, 0.2) is 53.4 Å². The van der Waals surface area contributed by atoms with Crippen molar-refractivity contribution in [3.63, 3.8) is 0 Å². The van der Waals surface area contributed by atoms with Crippen LogP contribution in [-0.2, 0) is 27.4 Å². The fourth-order valence-electron chi connectivity index (χ4n) is 2.59. The molecule has 0 saturated heterocycles. The molecule has 0 aliphatic heterocycles. The number of benzene rings is 2. The Bertz CT molecular complexity index is 926. The zero-order chi connectivity index (χ0) is 20.9. The van der Waals surface area contributed by atoms with Gasteiger partial charge in [-0.15, -0.1) is 0 Å². The fourth-order valence-corrected chi connectivity index (χ4v) is 3.32. The average Bonchev–Trinajstić information content (AvgIpc) is 2.66. The molecule has 2 rings (SSSR count). The Labute approximate surface area is 162 Å². The van der Waals surface area contributed by atoms with E-state index in [0.29, 0.717) is 12.0 Å². The van der Waals surface area contributed by atoms with E-state index in [1.807, 2.05) is 0 Å². The van der Waals surface area contributed by atoms with Gasteiger partial charge in [-0.1, -0.05) is 24.3 Å². The van der Waals surface area contributed by atoms with Crippen molar-refractivity contribution in [1.82, 2.24) is 10.0 Å². The summed E-state index contributed by atoms with van der Waals surface area (Å²) in [5, 5.41) is 2.68. The smallest absolute Gasteiger partial charge is 0.350 e. The SMILES string of the molecule is CNS(=O)(=O)c1ccc(CCC(=O)NC(C)c2cccc(C(F)(F)F)c2)cc1. The topological polar surface area (TPSA) is 75.3 Å². The predicted octanol–water partition coefficient (Wildman–Crippen LogP) is 3.42. The molecular formula is C19H21F3N2O3S. The molecular weight excluding hydrogens is 393 g/mol. The molecule has 0 aliphatic rings. The van der Waals surface area contributed by atoms with Crippen LogP contribution in [0.2, 0.25) is 0 Å². The quantitative estimate of drug-likeness (QED) is 0.729. The number of carbonyl (C=O) groups is 1. The van der Waals surface area contributed by atoms with Crippen LogP contribution in [0.25, 0.3) is 0 Å². The zero-order valence-corrected chi connectivity index (χ0v) is 16.2. The highest BCUT2D eigenvalue weighted by molar-refractivity contribution is 7.89. The van der Waals surface area contributed by atoms with Crippen LogP contribution in [0.5, 0.6) is 0 Å². The van der Waals surface area contributed by atoms with Crippen LogP contribution < -0.4 is 10.0 Å². The molecule has 0 aromatic heterocycles. The molecule has 0 bridgehead atoms. The largest absolute Gasteiger partial charge is 0.416 e. The van der Waals surface area contributed by atoms with Crippen LogP contribution in [0.4, 0.5) is 13.2 Å². The van der Waals surface area contributed by atoms with E-state index in [1.165, 1.54) is 31.3 Å². The molecule has 152 valence electrons. The van der Waals surface area contributed by atoms with E-state index >= 15 is 0 Å². The summed E-state index contributed by atoms with van der Waals surface area (Å²) in [6, 6.07) is 10.4. The highest BCUT2D eigenvalue weighted by Gasteiger charge is 2.30.